The van der Waals surface area contributed by atoms with Crippen LogP contribution in [0.25, 0.3) is 11.0 Å². The quantitative estimate of drug-likeness (QED) is 0.109. The van der Waals surface area contributed by atoms with Crippen molar-refractivity contribution in [3.8, 4) is 0 Å². The van der Waals surface area contributed by atoms with E-state index in [0.717, 1.165) is 0 Å². The molecule has 2 aromatic rings. The first-order chi connectivity index (χ1) is 12.0. The monoisotopic (exact) mass is 352 g/mol. The summed E-state index contributed by atoms with van der Waals surface area (Å²) in [5.41, 5.74) is 14.6. The largest absolute Gasteiger partial charge is 0.409 e. The van der Waals surface area contributed by atoms with Crippen molar-refractivity contribution in [1.29, 1.82) is 0 Å². The number of fused-ring (bicyclic) bond motifs is 1. The molecule has 0 saturated carbocycles. The van der Waals surface area contributed by atoms with E-state index in [9.17, 15) is 10.2 Å². The number of hydrogen-bond donors (Lipinski definition) is 7. The SMILES string of the molecule is C[C@H]1[C@@H](O)[C@H](n2c(NN)c(C(N)=NO)c3c(N)ncnc32)O[C@@H]1CO. The molecule has 1 aliphatic heterocycles. The number of rotatable bonds is 4. The molecule has 0 unspecified atom stereocenters. The molecule has 1 aliphatic rings. The molecule has 0 radical (unpaired) electrons. The first kappa shape index (κ1) is 17.2. The number of nitrogen functional groups attached to an aromatic ring is 2. The number of amidine groups is 1. The number of nitrogens with zero attached hydrogens (tertiary/aromatic N) is 4. The van der Waals surface area contributed by atoms with Crippen LogP contribution in [0.2, 0.25) is 0 Å². The molecule has 12 heteroatoms. The Morgan fingerprint density at radius 3 is 2.76 bits per heavy atom. The molecule has 25 heavy (non-hydrogen) atoms. The topological polar surface area (TPSA) is 203 Å². The summed E-state index contributed by atoms with van der Waals surface area (Å²) >= 11 is 0. The molecule has 0 aliphatic carbocycles. The van der Waals surface area contributed by atoms with Crippen molar-refractivity contribution in [2.45, 2.75) is 25.4 Å². The fourth-order valence-electron chi connectivity index (χ4n) is 3.13. The zero-order valence-corrected chi connectivity index (χ0v) is 13.4. The number of oxime groups is 1. The van der Waals surface area contributed by atoms with Gasteiger partial charge in [-0.2, -0.15) is 0 Å². The molecule has 1 saturated heterocycles. The number of aliphatic hydroxyl groups is 2. The van der Waals surface area contributed by atoms with Crippen LogP contribution in [0.15, 0.2) is 11.5 Å². The lowest BCUT2D eigenvalue weighted by Gasteiger charge is -2.20. The van der Waals surface area contributed by atoms with Crippen LogP contribution in [0, 0.1) is 5.92 Å². The Bertz CT molecular complexity index is 822. The molecular weight excluding hydrogens is 332 g/mol. The van der Waals surface area contributed by atoms with E-state index in [-0.39, 0.29) is 41.2 Å². The molecule has 1 fully saturated rings. The highest BCUT2D eigenvalue weighted by Crippen LogP contribution is 2.41. The zero-order valence-electron chi connectivity index (χ0n) is 13.4. The second-order valence-electron chi connectivity index (χ2n) is 5.78. The van der Waals surface area contributed by atoms with Crippen molar-refractivity contribution < 1.29 is 20.2 Å². The van der Waals surface area contributed by atoms with E-state index < -0.39 is 18.4 Å². The predicted molar refractivity (Wildman–Crippen MR) is 88.4 cm³/mol. The number of hydrogen-bond acceptors (Lipinski definition) is 10. The summed E-state index contributed by atoms with van der Waals surface area (Å²) < 4.78 is 7.22. The summed E-state index contributed by atoms with van der Waals surface area (Å²) in [7, 11) is 0. The maximum Gasteiger partial charge on any atom is 0.174 e. The van der Waals surface area contributed by atoms with Crippen molar-refractivity contribution in [2.24, 2.45) is 22.6 Å². The molecule has 2 aromatic heterocycles. The van der Waals surface area contributed by atoms with Gasteiger partial charge in [0.1, 0.15) is 29.7 Å². The molecule has 10 N–H and O–H groups in total. The first-order valence-electron chi connectivity index (χ1n) is 7.49. The molecule has 3 rings (SSSR count). The Balaban J connectivity index is 2.31. The van der Waals surface area contributed by atoms with E-state index in [1.807, 2.05) is 0 Å². The van der Waals surface area contributed by atoms with Crippen LogP contribution in [-0.2, 0) is 4.74 Å². The number of aliphatic hydroxyl groups excluding tert-OH is 2. The molecule has 12 nitrogen and oxygen atoms in total. The van der Waals surface area contributed by atoms with Gasteiger partial charge >= 0.3 is 0 Å². The van der Waals surface area contributed by atoms with Crippen molar-refractivity contribution in [3.05, 3.63) is 11.9 Å². The summed E-state index contributed by atoms with van der Waals surface area (Å²) in [5, 5.41) is 32.4. The lowest BCUT2D eigenvalue weighted by atomic mass is 10.0. The zero-order chi connectivity index (χ0) is 18.3. The Hall–Kier alpha value is -2.67. The Morgan fingerprint density at radius 1 is 1.48 bits per heavy atom. The number of nitrogens with one attached hydrogen (secondary N) is 1. The predicted octanol–water partition coefficient (Wildman–Crippen LogP) is -1.72. The molecule has 0 amide bonds. The third-order valence-electron chi connectivity index (χ3n) is 4.48. The normalized spacial score (nSPS) is 27.1. The standard InChI is InChI=1S/C13H20N8O4/c1-4-5(2-22)25-13(8(4)23)21-11-6(9(14)17-3-18-11)7(10(15)20-24)12(21)19-16/h3-5,8,13,19,22-24H,2,16H2,1H3,(H2,15,20)(H2,14,17,18)/t4-,5-,8-,13-/m1/s1. The van der Waals surface area contributed by atoms with Crippen molar-refractivity contribution in [3.63, 3.8) is 0 Å². The van der Waals surface area contributed by atoms with Gasteiger partial charge in [0.05, 0.1) is 23.7 Å². The van der Waals surface area contributed by atoms with Crippen LogP contribution >= 0.6 is 0 Å². The van der Waals surface area contributed by atoms with Crippen LogP contribution in [0.3, 0.4) is 0 Å². The second kappa shape index (κ2) is 6.33. The number of ether oxygens (including phenoxy) is 1. The van der Waals surface area contributed by atoms with Crippen molar-refractivity contribution >= 4 is 28.5 Å². The maximum absolute atomic E-state index is 10.6. The summed E-state index contributed by atoms with van der Waals surface area (Å²) in [4.78, 5) is 8.09. The first-order valence-corrected chi connectivity index (χ1v) is 7.49. The summed E-state index contributed by atoms with van der Waals surface area (Å²) in [5.74, 6) is 5.28. The van der Waals surface area contributed by atoms with Crippen LogP contribution in [0.1, 0.15) is 18.7 Å². The highest BCUT2D eigenvalue weighted by atomic mass is 16.5. The minimum Gasteiger partial charge on any atom is -0.409 e. The minimum atomic E-state index is -0.962. The molecule has 3 heterocycles. The van der Waals surface area contributed by atoms with Crippen molar-refractivity contribution in [2.75, 3.05) is 17.8 Å². The number of anilines is 2. The molecule has 0 spiro atoms. The Labute approximate surface area is 141 Å². The smallest absolute Gasteiger partial charge is 0.174 e. The highest BCUT2D eigenvalue weighted by molar-refractivity contribution is 6.15. The Morgan fingerprint density at radius 2 is 2.20 bits per heavy atom. The highest BCUT2D eigenvalue weighted by Gasteiger charge is 2.44. The molecule has 4 atom stereocenters. The maximum atomic E-state index is 10.6. The number of hydrazine groups is 1. The van der Waals surface area contributed by atoms with Gasteiger partial charge in [-0.3, -0.25) is 4.57 Å². The van der Waals surface area contributed by atoms with E-state index in [1.54, 1.807) is 6.92 Å². The van der Waals surface area contributed by atoms with E-state index >= 15 is 0 Å². The fourth-order valence-corrected chi connectivity index (χ4v) is 3.13. The van der Waals surface area contributed by atoms with Gasteiger partial charge in [0, 0.05) is 5.92 Å². The van der Waals surface area contributed by atoms with Gasteiger partial charge in [0.2, 0.25) is 0 Å². The van der Waals surface area contributed by atoms with E-state index in [2.05, 4.69) is 20.5 Å². The van der Waals surface area contributed by atoms with Crippen LogP contribution in [0.4, 0.5) is 11.6 Å². The second-order valence-corrected chi connectivity index (χ2v) is 5.78. The average Bonchev–Trinajstić information content (AvgIpc) is 3.10. The summed E-state index contributed by atoms with van der Waals surface area (Å²) in [6.07, 6.45) is -1.22. The van der Waals surface area contributed by atoms with Crippen LogP contribution < -0.4 is 22.7 Å². The number of nitrogens with two attached hydrogens (primary N) is 3. The summed E-state index contributed by atoms with van der Waals surface area (Å²) in [6, 6.07) is 0. The minimum absolute atomic E-state index is 0.0843. The van der Waals surface area contributed by atoms with Gasteiger partial charge in [-0.25, -0.2) is 15.8 Å². The van der Waals surface area contributed by atoms with Gasteiger partial charge in [0.15, 0.2) is 12.1 Å². The lowest BCUT2D eigenvalue weighted by molar-refractivity contribution is -0.0479. The van der Waals surface area contributed by atoms with Gasteiger partial charge in [-0.05, 0) is 0 Å². The van der Waals surface area contributed by atoms with Gasteiger partial charge in [0.25, 0.3) is 0 Å². The van der Waals surface area contributed by atoms with Gasteiger partial charge in [-0.1, -0.05) is 12.1 Å². The lowest BCUT2D eigenvalue weighted by Crippen LogP contribution is -2.27. The van der Waals surface area contributed by atoms with Gasteiger partial charge < -0.3 is 37.1 Å². The molecule has 136 valence electrons. The number of aromatic nitrogens is 3. The van der Waals surface area contributed by atoms with Gasteiger partial charge in [-0.15, -0.1) is 0 Å². The average molecular weight is 352 g/mol. The van der Waals surface area contributed by atoms with E-state index in [4.69, 9.17) is 27.3 Å². The molecule has 0 bridgehead atoms. The third kappa shape index (κ3) is 2.42. The summed E-state index contributed by atoms with van der Waals surface area (Å²) in [6.45, 7) is 1.49. The third-order valence-corrected chi connectivity index (χ3v) is 4.48. The van der Waals surface area contributed by atoms with Crippen molar-refractivity contribution in [1.82, 2.24) is 14.5 Å². The van der Waals surface area contributed by atoms with Crippen LogP contribution in [0.5, 0.6) is 0 Å². The van der Waals surface area contributed by atoms with E-state index in [1.165, 1.54) is 10.9 Å². The molecular formula is C13H20N8O4. The van der Waals surface area contributed by atoms with E-state index in [0.29, 0.717) is 5.39 Å². The fraction of sp³-hybridized carbons (Fsp3) is 0.462. The van der Waals surface area contributed by atoms with Crippen LogP contribution in [-0.4, -0.2) is 54.6 Å². The molecule has 0 aromatic carbocycles. The Kier molecular flexibility index (Phi) is 4.34.